The molecule has 142 valence electrons. The standard InChI is InChI=1S/C18H18N2O5S2/c19-18(21)12-25-13-5-7-14(8-6-13)27(22,23)20-11-15(16-3-1-9-24-16)17-4-2-10-26-17/h1-10,15,20H,11-12H2,(H2,19,21). The first-order chi connectivity index (χ1) is 13.0. The number of rotatable bonds is 9. The summed E-state index contributed by atoms with van der Waals surface area (Å²) < 4.78 is 38.4. The molecule has 0 fully saturated rings. The fraction of sp³-hybridized carbons (Fsp3) is 0.167. The van der Waals surface area contributed by atoms with E-state index < -0.39 is 15.9 Å². The van der Waals surface area contributed by atoms with E-state index in [9.17, 15) is 13.2 Å². The van der Waals surface area contributed by atoms with E-state index in [1.54, 1.807) is 12.3 Å². The van der Waals surface area contributed by atoms with Crippen molar-refractivity contribution < 1.29 is 22.4 Å². The maximum atomic E-state index is 12.6. The van der Waals surface area contributed by atoms with Crippen LogP contribution >= 0.6 is 11.3 Å². The van der Waals surface area contributed by atoms with Gasteiger partial charge in [0.25, 0.3) is 5.91 Å². The van der Waals surface area contributed by atoms with Crippen molar-refractivity contribution >= 4 is 27.3 Å². The van der Waals surface area contributed by atoms with Gasteiger partial charge in [-0.3, -0.25) is 4.79 Å². The van der Waals surface area contributed by atoms with Gasteiger partial charge in [0.2, 0.25) is 10.0 Å². The maximum absolute atomic E-state index is 12.6. The fourth-order valence-corrected chi connectivity index (χ4v) is 4.35. The van der Waals surface area contributed by atoms with E-state index in [-0.39, 0.29) is 24.0 Å². The van der Waals surface area contributed by atoms with Crippen LogP contribution < -0.4 is 15.2 Å². The van der Waals surface area contributed by atoms with E-state index in [1.807, 2.05) is 23.6 Å². The Morgan fingerprint density at radius 2 is 1.96 bits per heavy atom. The highest BCUT2D eigenvalue weighted by atomic mass is 32.2. The molecule has 0 aliphatic rings. The van der Waals surface area contributed by atoms with Gasteiger partial charge in [-0.25, -0.2) is 13.1 Å². The molecule has 9 heteroatoms. The van der Waals surface area contributed by atoms with E-state index in [0.717, 1.165) is 4.88 Å². The molecular formula is C18H18N2O5S2. The normalized spacial score (nSPS) is 12.6. The molecule has 3 aromatic rings. The summed E-state index contributed by atoms with van der Waals surface area (Å²) in [6.45, 7) is -0.105. The molecule has 0 aliphatic carbocycles. The second-order valence-corrected chi connectivity index (χ2v) is 8.41. The topological polar surface area (TPSA) is 112 Å². The van der Waals surface area contributed by atoms with Gasteiger partial charge in [0.1, 0.15) is 11.5 Å². The number of furan rings is 1. The first-order valence-electron chi connectivity index (χ1n) is 8.03. The molecule has 3 rings (SSSR count). The molecule has 7 nitrogen and oxygen atoms in total. The molecular weight excluding hydrogens is 388 g/mol. The summed E-state index contributed by atoms with van der Waals surface area (Å²) in [5.41, 5.74) is 5.01. The first-order valence-corrected chi connectivity index (χ1v) is 10.4. The van der Waals surface area contributed by atoms with Crippen LogP contribution in [0.25, 0.3) is 0 Å². The van der Waals surface area contributed by atoms with Crippen LogP contribution in [0.4, 0.5) is 0 Å². The maximum Gasteiger partial charge on any atom is 0.255 e. The molecule has 3 N–H and O–H groups in total. The van der Waals surface area contributed by atoms with Crippen LogP contribution in [-0.4, -0.2) is 27.5 Å². The van der Waals surface area contributed by atoms with Crippen molar-refractivity contribution in [3.8, 4) is 5.75 Å². The number of carbonyl (C=O) groups is 1. The van der Waals surface area contributed by atoms with Crippen molar-refractivity contribution in [3.63, 3.8) is 0 Å². The summed E-state index contributed by atoms with van der Waals surface area (Å²) in [5.74, 6) is 0.231. The lowest BCUT2D eigenvalue weighted by atomic mass is 10.1. The van der Waals surface area contributed by atoms with Crippen molar-refractivity contribution in [3.05, 3.63) is 70.8 Å². The van der Waals surface area contributed by atoms with Crippen molar-refractivity contribution in [1.82, 2.24) is 4.72 Å². The average Bonchev–Trinajstić information content (AvgIpc) is 3.35. The van der Waals surface area contributed by atoms with Crippen molar-refractivity contribution in [1.29, 1.82) is 0 Å². The molecule has 2 aromatic heterocycles. The Bertz CT molecular complexity index is 931. The Balaban J connectivity index is 1.71. The molecule has 0 bridgehead atoms. The van der Waals surface area contributed by atoms with Crippen LogP contribution in [0.1, 0.15) is 16.6 Å². The minimum atomic E-state index is -3.72. The minimum Gasteiger partial charge on any atom is -0.484 e. The van der Waals surface area contributed by atoms with E-state index in [0.29, 0.717) is 11.5 Å². The van der Waals surface area contributed by atoms with Crippen LogP contribution in [0.5, 0.6) is 5.75 Å². The van der Waals surface area contributed by atoms with Gasteiger partial charge >= 0.3 is 0 Å². The van der Waals surface area contributed by atoms with Crippen molar-refractivity contribution in [2.24, 2.45) is 5.73 Å². The summed E-state index contributed by atoms with van der Waals surface area (Å²) in [6.07, 6.45) is 1.56. The van der Waals surface area contributed by atoms with E-state index in [2.05, 4.69) is 4.72 Å². The Kier molecular flexibility index (Phi) is 5.94. The molecule has 0 saturated carbocycles. The number of sulfonamides is 1. The molecule has 0 spiro atoms. The molecule has 1 unspecified atom stereocenters. The first kappa shape index (κ1) is 19.2. The van der Waals surface area contributed by atoms with Crippen LogP contribution in [0, 0.1) is 0 Å². The minimum absolute atomic E-state index is 0.0956. The largest absolute Gasteiger partial charge is 0.484 e. The van der Waals surface area contributed by atoms with Gasteiger partial charge in [0.15, 0.2) is 6.61 Å². The third-order valence-corrected chi connectivity index (χ3v) is 6.19. The van der Waals surface area contributed by atoms with Gasteiger partial charge in [-0.2, -0.15) is 0 Å². The van der Waals surface area contributed by atoms with E-state index in [1.165, 1.54) is 35.6 Å². The van der Waals surface area contributed by atoms with Crippen molar-refractivity contribution in [2.45, 2.75) is 10.8 Å². The van der Waals surface area contributed by atoms with Crippen LogP contribution in [-0.2, 0) is 14.8 Å². The molecule has 2 heterocycles. The number of nitrogens with one attached hydrogen (secondary N) is 1. The van der Waals surface area contributed by atoms with Crippen molar-refractivity contribution in [2.75, 3.05) is 13.2 Å². The predicted molar refractivity (Wildman–Crippen MR) is 101 cm³/mol. The van der Waals surface area contributed by atoms with E-state index >= 15 is 0 Å². The lowest BCUT2D eigenvalue weighted by Crippen LogP contribution is -2.28. The Labute approximate surface area is 160 Å². The number of ether oxygens (including phenoxy) is 1. The van der Waals surface area contributed by atoms with Gasteiger partial charge in [-0.05, 0) is 47.8 Å². The number of primary amides is 1. The third-order valence-electron chi connectivity index (χ3n) is 3.77. The molecule has 27 heavy (non-hydrogen) atoms. The summed E-state index contributed by atoms with van der Waals surface area (Å²) >= 11 is 1.54. The number of hydrogen-bond acceptors (Lipinski definition) is 6. The second kappa shape index (κ2) is 8.38. The molecule has 0 saturated heterocycles. The molecule has 1 amide bonds. The summed E-state index contributed by atoms with van der Waals surface area (Å²) in [5, 5.41) is 1.94. The number of benzene rings is 1. The molecule has 0 radical (unpaired) electrons. The molecule has 1 aromatic carbocycles. The average molecular weight is 406 g/mol. The molecule has 1 atom stereocenters. The quantitative estimate of drug-likeness (QED) is 0.566. The highest BCUT2D eigenvalue weighted by Gasteiger charge is 2.22. The zero-order valence-corrected chi connectivity index (χ0v) is 15.8. The molecule has 0 aliphatic heterocycles. The summed E-state index contributed by atoms with van der Waals surface area (Å²) in [6, 6.07) is 13.2. The van der Waals surface area contributed by atoms with Gasteiger partial charge in [-0.15, -0.1) is 11.3 Å². The summed E-state index contributed by atoms with van der Waals surface area (Å²) in [7, 11) is -3.72. The van der Waals surface area contributed by atoms with Gasteiger partial charge in [0.05, 0.1) is 17.1 Å². The van der Waals surface area contributed by atoms with Gasteiger partial charge in [0, 0.05) is 11.4 Å². The number of carbonyl (C=O) groups excluding carboxylic acids is 1. The fourth-order valence-electron chi connectivity index (χ4n) is 2.47. The highest BCUT2D eigenvalue weighted by molar-refractivity contribution is 7.89. The van der Waals surface area contributed by atoms with Crippen LogP contribution in [0.15, 0.2) is 69.5 Å². The zero-order valence-electron chi connectivity index (χ0n) is 14.2. The Morgan fingerprint density at radius 1 is 1.19 bits per heavy atom. The number of nitrogens with two attached hydrogens (primary N) is 1. The Morgan fingerprint density at radius 3 is 2.56 bits per heavy atom. The predicted octanol–water partition coefficient (Wildman–Crippen LogP) is 2.32. The second-order valence-electron chi connectivity index (χ2n) is 5.66. The smallest absolute Gasteiger partial charge is 0.255 e. The van der Waals surface area contributed by atoms with Gasteiger partial charge in [-0.1, -0.05) is 6.07 Å². The summed E-state index contributed by atoms with van der Waals surface area (Å²) in [4.78, 5) is 11.8. The van der Waals surface area contributed by atoms with Crippen LogP contribution in [0.2, 0.25) is 0 Å². The lowest BCUT2D eigenvalue weighted by molar-refractivity contribution is -0.119. The number of thiophene rings is 1. The SMILES string of the molecule is NC(=O)COc1ccc(S(=O)(=O)NCC(c2ccco2)c2cccs2)cc1. The van der Waals surface area contributed by atoms with Gasteiger partial charge < -0.3 is 14.9 Å². The number of hydrogen-bond donors (Lipinski definition) is 2. The van der Waals surface area contributed by atoms with E-state index in [4.69, 9.17) is 14.9 Å². The Hall–Kier alpha value is -2.62. The van der Waals surface area contributed by atoms with Crippen LogP contribution in [0.3, 0.4) is 0 Å². The zero-order chi connectivity index (χ0) is 19.3. The monoisotopic (exact) mass is 406 g/mol. The lowest BCUT2D eigenvalue weighted by Gasteiger charge is -2.14. The third kappa shape index (κ3) is 4.97. The highest BCUT2D eigenvalue weighted by Crippen LogP contribution is 2.28. The number of amides is 1.